The maximum Gasteiger partial charge on any atom is 0.327 e. The average molecular weight is 491 g/mol. The number of anilines is 1. The molecule has 3 amide bonds. The minimum absolute atomic E-state index is 0.0510. The summed E-state index contributed by atoms with van der Waals surface area (Å²) in [6.45, 7) is 3.81. The minimum atomic E-state index is -0.748. The molecular weight excluding hydrogens is 452 g/mol. The molecular formula is C29H38N4O3. The van der Waals surface area contributed by atoms with Gasteiger partial charge in [-0.1, -0.05) is 54.6 Å². The van der Waals surface area contributed by atoms with E-state index in [0.717, 1.165) is 31.6 Å². The molecule has 2 aliphatic rings. The molecule has 0 aliphatic carbocycles. The normalized spacial score (nSPS) is 18.1. The molecule has 0 radical (unpaired) electrons. The van der Waals surface area contributed by atoms with Crippen molar-refractivity contribution in [2.75, 3.05) is 58.9 Å². The third kappa shape index (κ3) is 5.63. The molecule has 36 heavy (non-hydrogen) atoms. The Kier molecular flexibility index (Phi) is 8.44. The van der Waals surface area contributed by atoms with E-state index in [9.17, 15) is 9.59 Å². The summed E-state index contributed by atoms with van der Waals surface area (Å²) in [7, 11) is 5.74. The first kappa shape index (κ1) is 25.9. The Balaban J connectivity index is 1.41. The SMILES string of the molecule is COCCCN1C(=O)N(Cc2ccccc2)C(=O)C12CCN(C/C=C/c1ccc(N(C)C)cc1)CC2. The first-order chi connectivity index (χ1) is 17.4. The van der Waals surface area contributed by atoms with Crippen LogP contribution in [-0.2, 0) is 16.1 Å². The molecule has 0 saturated carbocycles. The predicted molar refractivity (Wildman–Crippen MR) is 144 cm³/mol. The summed E-state index contributed by atoms with van der Waals surface area (Å²) in [6, 6.07) is 18.1. The van der Waals surface area contributed by atoms with Gasteiger partial charge in [-0.15, -0.1) is 0 Å². The highest BCUT2D eigenvalue weighted by molar-refractivity contribution is 6.07. The number of hydrogen-bond acceptors (Lipinski definition) is 5. The van der Waals surface area contributed by atoms with Crippen molar-refractivity contribution in [1.29, 1.82) is 0 Å². The topological polar surface area (TPSA) is 56.3 Å². The molecule has 2 saturated heterocycles. The zero-order chi connectivity index (χ0) is 25.5. The van der Waals surface area contributed by atoms with E-state index in [4.69, 9.17) is 4.74 Å². The van der Waals surface area contributed by atoms with Gasteiger partial charge in [0.05, 0.1) is 6.54 Å². The summed E-state index contributed by atoms with van der Waals surface area (Å²) >= 11 is 0. The molecule has 2 fully saturated rings. The van der Waals surface area contributed by atoms with E-state index in [-0.39, 0.29) is 11.9 Å². The number of nitrogens with zero attached hydrogens (tertiary/aromatic N) is 4. The first-order valence-corrected chi connectivity index (χ1v) is 12.8. The van der Waals surface area contributed by atoms with Gasteiger partial charge in [-0.3, -0.25) is 14.6 Å². The molecule has 0 unspecified atom stereocenters. The van der Waals surface area contributed by atoms with E-state index >= 15 is 0 Å². The van der Waals surface area contributed by atoms with Gasteiger partial charge in [-0.05, 0) is 42.5 Å². The van der Waals surface area contributed by atoms with Gasteiger partial charge >= 0.3 is 6.03 Å². The van der Waals surface area contributed by atoms with Crippen LogP contribution in [0.4, 0.5) is 10.5 Å². The maximum absolute atomic E-state index is 13.7. The first-order valence-electron chi connectivity index (χ1n) is 12.8. The van der Waals surface area contributed by atoms with Gasteiger partial charge < -0.3 is 14.5 Å². The molecule has 2 heterocycles. The number of hydrogen-bond donors (Lipinski definition) is 0. The number of likely N-dealkylation sites (tertiary alicyclic amines) is 1. The van der Waals surface area contributed by atoms with Crippen LogP contribution in [0, 0.1) is 0 Å². The zero-order valence-corrected chi connectivity index (χ0v) is 21.7. The number of carbonyl (C=O) groups excluding carboxylic acids is 2. The number of carbonyl (C=O) groups is 2. The Morgan fingerprint density at radius 1 is 1.00 bits per heavy atom. The highest BCUT2D eigenvalue weighted by atomic mass is 16.5. The smallest absolute Gasteiger partial charge is 0.327 e. The van der Waals surface area contributed by atoms with Gasteiger partial charge in [0, 0.05) is 59.7 Å². The molecule has 7 nitrogen and oxygen atoms in total. The van der Waals surface area contributed by atoms with Crippen LogP contribution in [-0.4, -0.2) is 86.2 Å². The van der Waals surface area contributed by atoms with Crippen LogP contribution in [0.25, 0.3) is 6.08 Å². The van der Waals surface area contributed by atoms with Gasteiger partial charge in [0.1, 0.15) is 5.54 Å². The quantitative estimate of drug-likeness (QED) is 0.371. The number of piperidine rings is 1. The summed E-state index contributed by atoms with van der Waals surface area (Å²) in [5.41, 5.74) is 2.57. The van der Waals surface area contributed by atoms with Gasteiger partial charge in [0.15, 0.2) is 0 Å². The number of benzene rings is 2. The molecule has 0 bridgehead atoms. The Labute approximate surface area is 214 Å². The van der Waals surface area contributed by atoms with E-state index in [0.29, 0.717) is 32.5 Å². The van der Waals surface area contributed by atoms with Crippen molar-refractivity contribution < 1.29 is 14.3 Å². The van der Waals surface area contributed by atoms with Crippen LogP contribution < -0.4 is 4.90 Å². The van der Waals surface area contributed by atoms with Crippen molar-refractivity contribution in [3.8, 4) is 0 Å². The number of rotatable bonds is 10. The third-order valence-corrected chi connectivity index (χ3v) is 7.30. The molecule has 2 aliphatic heterocycles. The van der Waals surface area contributed by atoms with Crippen molar-refractivity contribution >= 4 is 23.7 Å². The van der Waals surface area contributed by atoms with Crippen LogP contribution >= 0.6 is 0 Å². The third-order valence-electron chi connectivity index (χ3n) is 7.30. The summed E-state index contributed by atoms with van der Waals surface area (Å²) in [4.78, 5) is 34.9. The van der Waals surface area contributed by atoms with E-state index in [1.807, 2.05) is 49.3 Å². The van der Waals surface area contributed by atoms with Crippen molar-refractivity contribution in [3.63, 3.8) is 0 Å². The lowest BCUT2D eigenvalue weighted by atomic mass is 9.85. The molecule has 192 valence electrons. The Morgan fingerprint density at radius 2 is 1.69 bits per heavy atom. The minimum Gasteiger partial charge on any atom is -0.385 e. The van der Waals surface area contributed by atoms with Crippen LogP contribution in [0.2, 0.25) is 0 Å². The second-order valence-corrected chi connectivity index (χ2v) is 9.88. The number of imide groups is 1. The van der Waals surface area contributed by atoms with E-state index in [2.05, 4.69) is 46.2 Å². The van der Waals surface area contributed by atoms with Crippen molar-refractivity contribution in [2.45, 2.75) is 31.3 Å². The second-order valence-electron chi connectivity index (χ2n) is 9.88. The summed E-state index contributed by atoms with van der Waals surface area (Å²) < 4.78 is 5.22. The fraction of sp³-hybridized carbons (Fsp3) is 0.448. The maximum atomic E-state index is 13.7. The zero-order valence-electron chi connectivity index (χ0n) is 21.7. The summed E-state index contributed by atoms with van der Waals surface area (Å²) in [6.07, 6.45) is 6.35. The Hall–Kier alpha value is -3.16. The number of amides is 3. The van der Waals surface area contributed by atoms with Crippen LogP contribution in [0.15, 0.2) is 60.7 Å². The molecule has 0 N–H and O–H groups in total. The number of methoxy groups -OCH3 is 1. The highest BCUT2D eigenvalue weighted by Gasteiger charge is 2.57. The number of ether oxygens (including phenoxy) is 1. The second kappa shape index (κ2) is 11.7. The molecule has 0 aromatic heterocycles. The van der Waals surface area contributed by atoms with Crippen molar-refractivity contribution in [1.82, 2.24) is 14.7 Å². The summed E-state index contributed by atoms with van der Waals surface area (Å²) in [5, 5.41) is 0. The van der Waals surface area contributed by atoms with Crippen molar-refractivity contribution in [3.05, 3.63) is 71.8 Å². The van der Waals surface area contributed by atoms with Crippen molar-refractivity contribution in [2.24, 2.45) is 0 Å². The van der Waals surface area contributed by atoms with Crippen LogP contribution in [0.1, 0.15) is 30.4 Å². The Bertz CT molecular complexity index is 1040. The van der Waals surface area contributed by atoms with E-state index in [1.54, 1.807) is 7.11 Å². The molecule has 2 aromatic rings. The average Bonchev–Trinajstić information content (AvgIpc) is 3.07. The predicted octanol–water partition coefficient (Wildman–Crippen LogP) is 4.10. The lowest BCUT2D eigenvalue weighted by molar-refractivity contribution is -0.136. The fourth-order valence-corrected chi connectivity index (χ4v) is 5.18. The largest absolute Gasteiger partial charge is 0.385 e. The molecule has 0 atom stereocenters. The monoisotopic (exact) mass is 490 g/mol. The summed E-state index contributed by atoms with van der Waals surface area (Å²) in [5.74, 6) is -0.0510. The molecule has 7 heteroatoms. The standard InChI is InChI=1S/C29H38N4O3/c1-30(2)26-14-12-24(13-15-26)11-7-18-31-20-16-29(17-21-31)27(34)32(23-25-9-5-4-6-10-25)28(35)33(29)19-8-22-36-3/h4-7,9-15H,8,16-23H2,1-3H3/b11-7+. The van der Waals surface area contributed by atoms with Crippen LogP contribution in [0.5, 0.6) is 0 Å². The van der Waals surface area contributed by atoms with E-state index < -0.39 is 5.54 Å². The molecule has 1 spiro atoms. The van der Waals surface area contributed by atoms with Gasteiger partial charge in [0.2, 0.25) is 0 Å². The Morgan fingerprint density at radius 3 is 2.33 bits per heavy atom. The molecule has 2 aromatic carbocycles. The lowest BCUT2D eigenvalue weighted by Gasteiger charge is -2.42. The lowest BCUT2D eigenvalue weighted by Crippen LogP contribution is -2.56. The highest BCUT2D eigenvalue weighted by Crippen LogP contribution is 2.38. The van der Waals surface area contributed by atoms with Crippen LogP contribution in [0.3, 0.4) is 0 Å². The van der Waals surface area contributed by atoms with Gasteiger partial charge in [-0.2, -0.15) is 0 Å². The fourth-order valence-electron chi connectivity index (χ4n) is 5.18. The van der Waals surface area contributed by atoms with Gasteiger partial charge in [-0.25, -0.2) is 4.79 Å². The molecule has 4 rings (SSSR count). The number of urea groups is 1. The van der Waals surface area contributed by atoms with E-state index in [1.165, 1.54) is 16.2 Å². The van der Waals surface area contributed by atoms with Gasteiger partial charge in [0.25, 0.3) is 5.91 Å².